The molecule has 0 aliphatic carbocycles. The summed E-state index contributed by atoms with van der Waals surface area (Å²) in [5.74, 6) is 0. The largest absolute Gasteiger partial charge is 0.147 e. The van der Waals surface area contributed by atoms with Gasteiger partial charge in [0.25, 0.3) is 0 Å². The minimum atomic E-state index is 0. The summed E-state index contributed by atoms with van der Waals surface area (Å²) in [6.07, 6.45) is 0. The molecule has 0 unspecified atom stereocenters. The first kappa shape index (κ1) is 212. The molecule has 8 heavy (non-hydrogen) atoms. The molecule has 6 radical (unpaired) electrons. The quantitative estimate of drug-likeness (QED) is 0.540. The van der Waals surface area contributed by atoms with Gasteiger partial charge in [-0.2, -0.15) is 0 Å². The lowest BCUT2D eigenvalue weighted by molar-refractivity contribution is 2.50. The van der Waals surface area contributed by atoms with Gasteiger partial charge in [-0.1, -0.05) is 22.3 Å². The zero-order chi connectivity index (χ0) is 0. The van der Waals surface area contributed by atoms with Crippen LogP contribution in [0.4, 0.5) is 0 Å². The molecule has 0 saturated heterocycles. The summed E-state index contributed by atoms with van der Waals surface area (Å²) in [7, 11) is 0. The number of hydrogen-bond acceptors (Lipinski definition) is 0. The second-order valence-corrected chi connectivity index (χ2v) is 0. The van der Waals surface area contributed by atoms with E-state index in [9.17, 15) is 0 Å². The van der Waals surface area contributed by atoms with Crippen molar-refractivity contribution in [1.82, 2.24) is 0 Å². The molecule has 0 aliphatic heterocycles. The van der Waals surface area contributed by atoms with E-state index in [-0.39, 0.29) is 94.2 Å². The number of hydrogen-bond donors (Lipinski definition) is 0. The van der Waals surface area contributed by atoms with Gasteiger partial charge >= 0.3 is 0 Å². The Labute approximate surface area is 93.7 Å². The van der Waals surface area contributed by atoms with Gasteiger partial charge in [-0.05, 0) is 0 Å². The molecule has 0 aromatic rings. The summed E-state index contributed by atoms with van der Waals surface area (Å²) in [6, 6.07) is 0. The lowest BCUT2D eigenvalue weighted by Gasteiger charge is -0.148. The van der Waals surface area contributed by atoms with Crippen molar-refractivity contribution in [3.05, 3.63) is 0 Å². The van der Waals surface area contributed by atoms with Crippen LogP contribution in [0.1, 0.15) is 22.3 Å². The van der Waals surface area contributed by atoms with E-state index in [2.05, 4.69) is 0 Å². The minimum absolute atomic E-state index is 0. The smallest absolute Gasteiger partial charge is 0 e. The van der Waals surface area contributed by atoms with E-state index in [1.165, 1.54) is 0 Å². The van der Waals surface area contributed by atoms with E-state index in [1.807, 2.05) is 0 Å². The second kappa shape index (κ2) is 150. The van der Waals surface area contributed by atoms with Gasteiger partial charge in [0.15, 0.2) is 0 Å². The van der Waals surface area contributed by atoms with Crippen molar-refractivity contribution in [1.29, 1.82) is 0 Å². The Kier molecular flexibility index (Phi) is 3980. The van der Waals surface area contributed by atoms with Crippen molar-refractivity contribution < 1.29 is 0 Å². The highest BCUT2D eigenvalue weighted by Crippen LogP contribution is 0.692. The van der Waals surface area contributed by atoms with Crippen LogP contribution in [0.2, 0.25) is 0 Å². The molecule has 0 fully saturated rings. The molecule has 0 spiro atoms. The van der Waals surface area contributed by atoms with Gasteiger partial charge in [0, 0.05) is 34.7 Å². The van der Waals surface area contributed by atoms with Crippen LogP contribution in [0.15, 0.2) is 0 Å². The summed E-state index contributed by atoms with van der Waals surface area (Å²) in [6.45, 7) is 0. The van der Waals surface area contributed by atoms with E-state index < -0.39 is 0 Å². The molecule has 54 valence electrons. The van der Waals surface area contributed by atoms with Crippen molar-refractivity contribution in [3.63, 3.8) is 0 Å². The fourth-order valence-electron chi connectivity index (χ4n) is 0. The molecule has 0 rings (SSSR count). The summed E-state index contributed by atoms with van der Waals surface area (Å²) >= 11 is 0. The molecule has 0 N–H and O–H groups in total. The zero-order valence-corrected chi connectivity index (χ0v) is 7.14. The first-order chi connectivity index (χ1) is 0. The van der Waals surface area contributed by atoms with Crippen LogP contribution in [0.3, 0.4) is 0 Å². The molecule has 0 nitrogen and oxygen atoms in total. The molecule has 0 aliphatic rings. The maximum absolute atomic E-state index is 0. The maximum Gasteiger partial charge on any atom is 0 e. The maximum atomic E-state index is 0. The highest BCUT2D eigenvalue weighted by atomic mass is 35.5. The summed E-state index contributed by atoms with van der Waals surface area (Å²) < 4.78 is 0. The predicted molar refractivity (Wildman–Crippen MR) is 53.4 cm³/mol. The van der Waals surface area contributed by atoms with Crippen molar-refractivity contribution in [3.8, 4) is 0 Å². The normalized spacial score (nSPS) is 0. The van der Waals surface area contributed by atoms with Gasteiger partial charge in [-0.3, -0.25) is 0 Å². The lowest BCUT2D eigenvalue weighted by atomic mass is 12.0. The third kappa shape index (κ3) is 102. The molecule has 0 aromatic carbocycles. The van der Waals surface area contributed by atoms with Crippen LogP contribution in [-0.4, -0.2) is 34.7 Å². The Hall–Kier alpha value is 1.93. The third-order valence-corrected chi connectivity index (χ3v) is 0. The summed E-state index contributed by atoms with van der Waals surface area (Å²) in [5.41, 5.74) is 0. The van der Waals surface area contributed by atoms with Crippen LogP contribution in [0.5, 0.6) is 0 Å². The first-order valence-electron chi connectivity index (χ1n) is 0. The fraction of sp³-hybridized carbons (Fsp3) is 1.00. The Morgan fingerprint density at radius 3 is 0.375 bits per heavy atom. The number of rotatable bonds is 0. The summed E-state index contributed by atoms with van der Waals surface area (Å²) in [5, 5.41) is 0. The fourth-order valence-corrected chi connectivity index (χ4v) is 0. The Bertz CT molecular complexity index is 12.5. The predicted octanol–water partition coefficient (Wildman–Crippen LogP) is 2.41. The molecule has 0 saturated carbocycles. The van der Waals surface area contributed by atoms with Gasteiger partial charge < -0.3 is 0 Å². The monoisotopic (exact) mass is 210 g/mol. The molecule has 0 atom stereocenters. The molecule has 0 heterocycles. The van der Waals surface area contributed by atoms with Crippen molar-refractivity contribution >= 4 is 71.9 Å². The zero-order valence-electron chi connectivity index (χ0n) is 2.38. The standard InChI is InChI=1S/3CH4.2Al.3ClH/h3*1H4;;;3*1H. The van der Waals surface area contributed by atoms with Crippen LogP contribution >= 0.6 is 37.2 Å². The minimum Gasteiger partial charge on any atom is -0.147 e. The SMILES string of the molecule is C.C.C.Cl.Cl.Cl.[Al].[Al]. The molecular formula is C3H15Al2Cl3. The molecule has 0 aromatic heterocycles. The van der Waals surface area contributed by atoms with E-state index in [4.69, 9.17) is 0 Å². The summed E-state index contributed by atoms with van der Waals surface area (Å²) in [4.78, 5) is 0. The third-order valence-electron chi connectivity index (χ3n) is 0. The molecular weight excluding hydrogens is 196 g/mol. The Morgan fingerprint density at radius 2 is 0.375 bits per heavy atom. The lowest BCUT2D eigenvalue weighted by Crippen LogP contribution is -0.382. The van der Waals surface area contributed by atoms with Crippen molar-refractivity contribution in [2.45, 2.75) is 22.3 Å². The van der Waals surface area contributed by atoms with E-state index in [1.54, 1.807) is 0 Å². The molecule has 0 amide bonds. The van der Waals surface area contributed by atoms with Crippen LogP contribution < -0.4 is 0 Å². The average Bonchev–Trinajstić information content (AvgIpc) is 0. The highest BCUT2D eigenvalue weighted by Gasteiger charge is 0.00112. The van der Waals surface area contributed by atoms with Crippen LogP contribution in [0, 0.1) is 0 Å². The van der Waals surface area contributed by atoms with Gasteiger partial charge in [0.05, 0.1) is 0 Å². The van der Waals surface area contributed by atoms with E-state index >= 15 is 0 Å². The van der Waals surface area contributed by atoms with Gasteiger partial charge in [0.2, 0.25) is 0 Å². The van der Waals surface area contributed by atoms with Crippen molar-refractivity contribution in [2.75, 3.05) is 0 Å². The van der Waals surface area contributed by atoms with Crippen LogP contribution in [-0.2, 0) is 0 Å². The topological polar surface area (TPSA) is 0 Å². The van der Waals surface area contributed by atoms with E-state index in [0.717, 1.165) is 0 Å². The van der Waals surface area contributed by atoms with Gasteiger partial charge in [-0.25, -0.2) is 0 Å². The van der Waals surface area contributed by atoms with E-state index in [0.29, 0.717) is 0 Å². The molecule has 0 bridgehead atoms. The number of halogens is 3. The van der Waals surface area contributed by atoms with Gasteiger partial charge in [0.1, 0.15) is 0 Å². The Morgan fingerprint density at radius 1 is 0.375 bits per heavy atom. The Balaban J connectivity index is 0. The average molecular weight is 211 g/mol. The van der Waals surface area contributed by atoms with Crippen LogP contribution in [0.25, 0.3) is 0 Å². The first-order valence-corrected chi connectivity index (χ1v) is 0. The van der Waals surface area contributed by atoms with Gasteiger partial charge in [-0.15, -0.1) is 37.2 Å². The van der Waals surface area contributed by atoms with Crippen molar-refractivity contribution in [2.24, 2.45) is 0 Å². The highest BCUT2D eigenvalue weighted by molar-refractivity contribution is 5.86. The molecule has 5 heteroatoms. The second-order valence-electron chi connectivity index (χ2n) is 0.